The Labute approximate surface area is 93.1 Å². The third kappa shape index (κ3) is 4.64. The van der Waals surface area contributed by atoms with Gasteiger partial charge >= 0.3 is 0 Å². The zero-order chi connectivity index (χ0) is 9.68. The summed E-state index contributed by atoms with van der Waals surface area (Å²) in [6, 6.07) is 10.5. The molecule has 1 aromatic carbocycles. The van der Waals surface area contributed by atoms with Gasteiger partial charge in [0.05, 0.1) is 0 Å². The van der Waals surface area contributed by atoms with Crippen molar-refractivity contribution in [1.82, 2.24) is 0 Å². The molecule has 1 atom stereocenters. The third-order valence-electron chi connectivity index (χ3n) is 2.28. The highest BCUT2D eigenvalue weighted by molar-refractivity contribution is 5.85. The zero-order valence-corrected chi connectivity index (χ0v) is 9.76. The van der Waals surface area contributed by atoms with Gasteiger partial charge in [0, 0.05) is 6.04 Å². The lowest BCUT2D eigenvalue weighted by Gasteiger charge is -2.12. The van der Waals surface area contributed by atoms with Crippen LogP contribution in [0.4, 0.5) is 0 Å². The Morgan fingerprint density at radius 2 is 1.64 bits per heavy atom. The standard InChI is InChI=1S/C12H19N.ClH/c1-10(2)8-9-12(13)11-6-4-3-5-7-11;/h3-7,10,12H,8-9,13H2,1-2H3;1H. The monoisotopic (exact) mass is 213 g/mol. The average molecular weight is 214 g/mol. The number of halogens is 1. The Hall–Kier alpha value is -0.530. The van der Waals surface area contributed by atoms with Crippen LogP contribution in [-0.4, -0.2) is 0 Å². The zero-order valence-electron chi connectivity index (χ0n) is 8.94. The molecule has 0 saturated carbocycles. The van der Waals surface area contributed by atoms with Gasteiger partial charge in [-0.2, -0.15) is 0 Å². The first-order valence-corrected chi connectivity index (χ1v) is 5.00. The van der Waals surface area contributed by atoms with Crippen LogP contribution in [0.3, 0.4) is 0 Å². The number of nitrogens with two attached hydrogens (primary N) is 1. The molecule has 0 aromatic heterocycles. The minimum absolute atomic E-state index is 0. The second kappa shape index (κ2) is 6.86. The smallest absolute Gasteiger partial charge is 0.0294 e. The van der Waals surface area contributed by atoms with Crippen molar-refractivity contribution in [3.63, 3.8) is 0 Å². The van der Waals surface area contributed by atoms with Crippen LogP contribution in [-0.2, 0) is 0 Å². The largest absolute Gasteiger partial charge is 0.324 e. The average Bonchev–Trinajstić information content (AvgIpc) is 2.15. The van der Waals surface area contributed by atoms with Crippen LogP contribution in [0.1, 0.15) is 38.3 Å². The van der Waals surface area contributed by atoms with Gasteiger partial charge in [-0.05, 0) is 24.3 Å². The lowest BCUT2D eigenvalue weighted by atomic mass is 9.98. The minimum Gasteiger partial charge on any atom is -0.324 e. The summed E-state index contributed by atoms with van der Waals surface area (Å²) in [7, 11) is 0. The quantitative estimate of drug-likeness (QED) is 0.814. The maximum Gasteiger partial charge on any atom is 0.0294 e. The van der Waals surface area contributed by atoms with E-state index in [-0.39, 0.29) is 18.4 Å². The Kier molecular flexibility index (Phi) is 6.60. The van der Waals surface area contributed by atoms with Crippen LogP contribution in [0.15, 0.2) is 30.3 Å². The molecule has 0 heterocycles. The van der Waals surface area contributed by atoms with Crippen molar-refractivity contribution in [2.75, 3.05) is 0 Å². The summed E-state index contributed by atoms with van der Waals surface area (Å²) in [5.41, 5.74) is 7.30. The molecule has 0 bridgehead atoms. The molecule has 0 spiro atoms. The number of hydrogen-bond acceptors (Lipinski definition) is 1. The summed E-state index contributed by atoms with van der Waals surface area (Å²) in [5, 5.41) is 0. The van der Waals surface area contributed by atoms with Crippen LogP contribution >= 0.6 is 12.4 Å². The first-order chi connectivity index (χ1) is 6.20. The highest BCUT2D eigenvalue weighted by Crippen LogP contribution is 2.17. The fraction of sp³-hybridized carbons (Fsp3) is 0.500. The molecule has 2 N–H and O–H groups in total. The number of benzene rings is 1. The summed E-state index contributed by atoms with van der Waals surface area (Å²) < 4.78 is 0. The molecular weight excluding hydrogens is 194 g/mol. The molecule has 1 rings (SSSR count). The van der Waals surface area contributed by atoms with Crippen molar-refractivity contribution in [3.8, 4) is 0 Å². The van der Waals surface area contributed by atoms with E-state index >= 15 is 0 Å². The molecule has 1 nitrogen and oxygen atoms in total. The van der Waals surface area contributed by atoms with E-state index in [9.17, 15) is 0 Å². The second-order valence-electron chi connectivity index (χ2n) is 3.99. The van der Waals surface area contributed by atoms with Crippen LogP contribution in [0.5, 0.6) is 0 Å². The van der Waals surface area contributed by atoms with E-state index in [4.69, 9.17) is 5.73 Å². The Balaban J connectivity index is 0.00000169. The topological polar surface area (TPSA) is 26.0 Å². The summed E-state index contributed by atoms with van der Waals surface area (Å²) in [6.07, 6.45) is 2.29. The number of rotatable bonds is 4. The SMILES string of the molecule is CC(C)CCC(N)c1ccccc1.Cl. The van der Waals surface area contributed by atoms with E-state index in [1.807, 2.05) is 18.2 Å². The molecule has 0 aliphatic carbocycles. The summed E-state index contributed by atoms with van der Waals surface area (Å²) in [5.74, 6) is 0.745. The predicted octanol–water partition coefficient (Wildman–Crippen LogP) is 3.54. The molecule has 0 fully saturated rings. The molecule has 0 aliphatic heterocycles. The molecule has 2 heteroatoms. The van der Waals surface area contributed by atoms with Crippen molar-refractivity contribution in [3.05, 3.63) is 35.9 Å². The third-order valence-corrected chi connectivity index (χ3v) is 2.28. The maximum absolute atomic E-state index is 6.04. The molecular formula is C12H20ClN. The first kappa shape index (κ1) is 13.5. The van der Waals surface area contributed by atoms with Crippen molar-refractivity contribution < 1.29 is 0 Å². The van der Waals surface area contributed by atoms with Crippen molar-refractivity contribution in [1.29, 1.82) is 0 Å². The van der Waals surface area contributed by atoms with E-state index in [2.05, 4.69) is 26.0 Å². The van der Waals surface area contributed by atoms with Crippen molar-refractivity contribution >= 4 is 12.4 Å². The fourth-order valence-electron chi connectivity index (χ4n) is 1.38. The van der Waals surface area contributed by atoms with E-state index in [1.54, 1.807) is 0 Å². The highest BCUT2D eigenvalue weighted by atomic mass is 35.5. The van der Waals surface area contributed by atoms with Crippen molar-refractivity contribution in [2.45, 2.75) is 32.7 Å². The highest BCUT2D eigenvalue weighted by Gasteiger charge is 2.05. The fourth-order valence-corrected chi connectivity index (χ4v) is 1.38. The molecule has 0 amide bonds. The molecule has 0 aliphatic rings. The molecule has 0 saturated heterocycles. The maximum atomic E-state index is 6.04. The van der Waals surface area contributed by atoms with Gasteiger partial charge in [-0.25, -0.2) is 0 Å². The van der Waals surface area contributed by atoms with Gasteiger partial charge in [0.25, 0.3) is 0 Å². The Morgan fingerprint density at radius 1 is 1.07 bits per heavy atom. The van der Waals surface area contributed by atoms with E-state index in [1.165, 1.54) is 12.0 Å². The van der Waals surface area contributed by atoms with Crippen LogP contribution in [0, 0.1) is 5.92 Å². The molecule has 0 radical (unpaired) electrons. The van der Waals surface area contributed by atoms with Crippen LogP contribution in [0.25, 0.3) is 0 Å². The van der Waals surface area contributed by atoms with E-state index < -0.39 is 0 Å². The summed E-state index contributed by atoms with van der Waals surface area (Å²) in [4.78, 5) is 0. The Morgan fingerprint density at radius 3 is 2.14 bits per heavy atom. The van der Waals surface area contributed by atoms with Gasteiger partial charge in [0.1, 0.15) is 0 Å². The van der Waals surface area contributed by atoms with E-state index in [0.717, 1.165) is 12.3 Å². The van der Waals surface area contributed by atoms with Gasteiger partial charge in [-0.15, -0.1) is 12.4 Å². The minimum atomic E-state index is 0. The normalized spacial score (nSPS) is 12.3. The lowest BCUT2D eigenvalue weighted by Crippen LogP contribution is -2.10. The molecule has 14 heavy (non-hydrogen) atoms. The second-order valence-corrected chi connectivity index (χ2v) is 3.99. The molecule has 80 valence electrons. The van der Waals surface area contributed by atoms with Gasteiger partial charge < -0.3 is 5.73 Å². The van der Waals surface area contributed by atoms with Gasteiger partial charge in [-0.3, -0.25) is 0 Å². The summed E-state index contributed by atoms with van der Waals surface area (Å²) >= 11 is 0. The van der Waals surface area contributed by atoms with Crippen LogP contribution < -0.4 is 5.73 Å². The molecule has 1 aromatic rings. The van der Waals surface area contributed by atoms with Crippen molar-refractivity contribution in [2.24, 2.45) is 11.7 Å². The lowest BCUT2D eigenvalue weighted by molar-refractivity contribution is 0.507. The van der Waals surface area contributed by atoms with Crippen LogP contribution in [0.2, 0.25) is 0 Å². The first-order valence-electron chi connectivity index (χ1n) is 5.00. The Bertz CT molecular complexity index is 233. The van der Waals surface area contributed by atoms with Gasteiger partial charge in [0.2, 0.25) is 0 Å². The van der Waals surface area contributed by atoms with E-state index in [0.29, 0.717) is 0 Å². The summed E-state index contributed by atoms with van der Waals surface area (Å²) in [6.45, 7) is 4.47. The van der Waals surface area contributed by atoms with Gasteiger partial charge in [-0.1, -0.05) is 44.2 Å². The predicted molar refractivity (Wildman–Crippen MR) is 64.7 cm³/mol. The van der Waals surface area contributed by atoms with Gasteiger partial charge in [0.15, 0.2) is 0 Å². The number of hydrogen-bond donors (Lipinski definition) is 1. The molecule has 1 unspecified atom stereocenters.